The summed E-state index contributed by atoms with van der Waals surface area (Å²) in [4.78, 5) is 26.6. The molecular weight excluding hydrogens is 320 g/mol. The molecule has 0 fully saturated rings. The van der Waals surface area contributed by atoms with Crippen LogP contribution in [0, 0.1) is 25.2 Å². The van der Waals surface area contributed by atoms with Crippen LogP contribution in [0.25, 0.3) is 0 Å². The number of aromatic nitrogens is 4. The van der Waals surface area contributed by atoms with Crippen molar-refractivity contribution in [1.82, 2.24) is 25.1 Å². The number of hydrogen-bond donors (Lipinski definition) is 2. The van der Waals surface area contributed by atoms with E-state index in [4.69, 9.17) is 5.26 Å². The highest BCUT2D eigenvalue weighted by atomic mass is 16.1. The molecule has 3 heterocycles. The topological polar surface area (TPSA) is 116 Å². The van der Waals surface area contributed by atoms with E-state index >= 15 is 0 Å². The molecule has 2 N–H and O–H groups in total. The Kier molecular flexibility index (Phi) is 4.65. The zero-order valence-corrected chi connectivity index (χ0v) is 14.3. The van der Waals surface area contributed by atoms with Crippen LogP contribution < -0.4 is 10.9 Å². The third-order valence-electron chi connectivity index (χ3n) is 4.65. The number of nitrogens with one attached hydrogen (secondary N) is 2. The van der Waals surface area contributed by atoms with Crippen LogP contribution in [0.1, 0.15) is 46.9 Å². The number of rotatable bonds is 5. The van der Waals surface area contributed by atoms with Crippen LogP contribution in [0.2, 0.25) is 0 Å². The number of nitrogens with zero attached hydrogens (tertiary/aromatic N) is 4. The van der Waals surface area contributed by atoms with Gasteiger partial charge in [0.1, 0.15) is 17.5 Å². The normalized spacial score (nSPS) is 12.7. The Morgan fingerprint density at radius 2 is 2.20 bits per heavy atom. The van der Waals surface area contributed by atoms with Crippen molar-refractivity contribution in [2.45, 2.75) is 52.6 Å². The van der Waals surface area contributed by atoms with Crippen LogP contribution in [0.5, 0.6) is 0 Å². The minimum absolute atomic E-state index is 0.0983. The first kappa shape index (κ1) is 16.9. The first-order chi connectivity index (χ1) is 12.0. The van der Waals surface area contributed by atoms with Crippen molar-refractivity contribution in [3.8, 4) is 6.07 Å². The number of hydrogen-bond acceptors (Lipinski definition) is 5. The summed E-state index contributed by atoms with van der Waals surface area (Å²) in [6, 6.07) is 1.92. The van der Waals surface area contributed by atoms with E-state index in [-0.39, 0.29) is 23.5 Å². The molecule has 0 unspecified atom stereocenters. The predicted molar refractivity (Wildman–Crippen MR) is 89.8 cm³/mol. The molecule has 0 aliphatic carbocycles. The van der Waals surface area contributed by atoms with E-state index in [1.54, 1.807) is 13.8 Å². The lowest BCUT2D eigenvalue weighted by molar-refractivity contribution is -0.121. The standard InChI is InChI=1S/C17H20N6O2/c1-10-12(11(2)20-17(25)13(10)8-18)5-6-16(24)19-9-15-22-21-14-4-3-7-23(14)15/h3-7,9H2,1-2H3,(H,19,24)(H,20,25). The highest BCUT2D eigenvalue weighted by Gasteiger charge is 2.18. The van der Waals surface area contributed by atoms with E-state index in [0.29, 0.717) is 24.2 Å². The molecule has 2 aromatic rings. The van der Waals surface area contributed by atoms with Crippen LogP contribution >= 0.6 is 0 Å². The third-order valence-corrected chi connectivity index (χ3v) is 4.65. The van der Waals surface area contributed by atoms with Gasteiger partial charge in [-0.1, -0.05) is 0 Å². The Hall–Kier alpha value is -2.95. The van der Waals surface area contributed by atoms with Gasteiger partial charge in [0.2, 0.25) is 5.91 Å². The summed E-state index contributed by atoms with van der Waals surface area (Å²) in [7, 11) is 0. The summed E-state index contributed by atoms with van der Waals surface area (Å²) in [5.41, 5.74) is 1.91. The number of H-pyrrole nitrogens is 1. The average Bonchev–Trinajstić information content (AvgIpc) is 3.16. The molecule has 0 bridgehead atoms. The van der Waals surface area contributed by atoms with E-state index in [9.17, 15) is 9.59 Å². The van der Waals surface area contributed by atoms with Gasteiger partial charge in [0.05, 0.1) is 6.54 Å². The minimum Gasteiger partial charge on any atom is -0.349 e. The summed E-state index contributed by atoms with van der Waals surface area (Å²) < 4.78 is 2.05. The molecule has 0 radical (unpaired) electrons. The van der Waals surface area contributed by atoms with Crippen molar-refractivity contribution in [2.24, 2.45) is 0 Å². The molecule has 3 rings (SSSR count). The van der Waals surface area contributed by atoms with Crippen LogP contribution in [-0.2, 0) is 30.7 Å². The van der Waals surface area contributed by atoms with Gasteiger partial charge in [0.25, 0.3) is 5.56 Å². The Bertz CT molecular complexity index is 918. The molecule has 1 amide bonds. The van der Waals surface area contributed by atoms with Crippen molar-refractivity contribution in [2.75, 3.05) is 0 Å². The zero-order chi connectivity index (χ0) is 18.0. The van der Waals surface area contributed by atoms with E-state index in [1.807, 2.05) is 6.07 Å². The van der Waals surface area contributed by atoms with Crippen LogP contribution in [0.15, 0.2) is 4.79 Å². The molecule has 1 aliphatic rings. The summed E-state index contributed by atoms with van der Waals surface area (Å²) in [6.45, 7) is 4.79. The smallest absolute Gasteiger partial charge is 0.266 e. The molecule has 8 nitrogen and oxygen atoms in total. The number of carbonyl (C=O) groups is 1. The summed E-state index contributed by atoms with van der Waals surface area (Å²) in [5, 5.41) is 20.2. The highest BCUT2D eigenvalue weighted by molar-refractivity contribution is 5.76. The lowest BCUT2D eigenvalue weighted by atomic mass is 9.99. The van der Waals surface area contributed by atoms with Crippen molar-refractivity contribution in [3.05, 3.63) is 44.4 Å². The molecular formula is C17H20N6O2. The Balaban J connectivity index is 1.61. The fourth-order valence-electron chi connectivity index (χ4n) is 3.27. The van der Waals surface area contributed by atoms with E-state index in [0.717, 1.165) is 36.6 Å². The maximum Gasteiger partial charge on any atom is 0.266 e. The quantitative estimate of drug-likeness (QED) is 0.829. The first-order valence-corrected chi connectivity index (χ1v) is 8.31. The second kappa shape index (κ2) is 6.89. The van der Waals surface area contributed by atoms with Gasteiger partial charge in [-0.05, 0) is 37.8 Å². The molecule has 130 valence electrons. The van der Waals surface area contributed by atoms with Gasteiger partial charge in [-0.3, -0.25) is 9.59 Å². The molecule has 1 aliphatic heterocycles. The monoisotopic (exact) mass is 340 g/mol. The number of aromatic amines is 1. The van der Waals surface area contributed by atoms with Crippen molar-refractivity contribution < 1.29 is 4.79 Å². The lowest BCUT2D eigenvalue weighted by Gasteiger charge is -2.11. The summed E-state index contributed by atoms with van der Waals surface area (Å²) in [5.74, 6) is 1.66. The summed E-state index contributed by atoms with van der Waals surface area (Å²) in [6.07, 6.45) is 2.75. The average molecular weight is 340 g/mol. The number of pyridine rings is 1. The Morgan fingerprint density at radius 1 is 1.40 bits per heavy atom. The van der Waals surface area contributed by atoms with E-state index in [2.05, 4.69) is 25.1 Å². The van der Waals surface area contributed by atoms with Crippen LogP contribution in [0.3, 0.4) is 0 Å². The molecule has 0 saturated carbocycles. The molecule has 0 saturated heterocycles. The largest absolute Gasteiger partial charge is 0.349 e. The number of aryl methyl sites for hydroxylation is 2. The van der Waals surface area contributed by atoms with Gasteiger partial charge in [-0.25, -0.2) is 0 Å². The number of fused-ring (bicyclic) bond motifs is 1. The maximum absolute atomic E-state index is 12.2. The zero-order valence-electron chi connectivity index (χ0n) is 14.3. The maximum atomic E-state index is 12.2. The van der Waals surface area contributed by atoms with E-state index < -0.39 is 0 Å². The fourth-order valence-corrected chi connectivity index (χ4v) is 3.27. The second-order valence-corrected chi connectivity index (χ2v) is 6.23. The van der Waals surface area contributed by atoms with Gasteiger partial charge in [0.15, 0.2) is 5.82 Å². The molecule has 0 spiro atoms. The molecule has 25 heavy (non-hydrogen) atoms. The lowest BCUT2D eigenvalue weighted by Crippen LogP contribution is -2.25. The molecule has 2 aromatic heterocycles. The van der Waals surface area contributed by atoms with Crippen molar-refractivity contribution in [1.29, 1.82) is 5.26 Å². The van der Waals surface area contributed by atoms with Gasteiger partial charge in [-0.2, -0.15) is 5.26 Å². The van der Waals surface area contributed by atoms with Gasteiger partial charge >= 0.3 is 0 Å². The van der Waals surface area contributed by atoms with Crippen LogP contribution in [-0.4, -0.2) is 25.7 Å². The second-order valence-electron chi connectivity index (χ2n) is 6.23. The van der Waals surface area contributed by atoms with Crippen LogP contribution in [0.4, 0.5) is 0 Å². The highest BCUT2D eigenvalue weighted by Crippen LogP contribution is 2.16. The third kappa shape index (κ3) is 3.31. The first-order valence-electron chi connectivity index (χ1n) is 8.31. The SMILES string of the molecule is Cc1[nH]c(=O)c(C#N)c(C)c1CCC(=O)NCc1nnc2n1CCC2. The number of nitriles is 1. The fraction of sp³-hybridized carbons (Fsp3) is 0.471. The van der Waals surface area contributed by atoms with Gasteiger partial charge in [0, 0.05) is 25.1 Å². The van der Waals surface area contributed by atoms with E-state index in [1.165, 1.54) is 0 Å². The molecule has 8 heteroatoms. The Morgan fingerprint density at radius 3 is 2.96 bits per heavy atom. The van der Waals surface area contributed by atoms with Crippen molar-refractivity contribution >= 4 is 5.91 Å². The Labute approximate surface area is 144 Å². The minimum atomic E-state index is -0.383. The predicted octanol–water partition coefficient (Wildman–Crippen LogP) is 0.650. The number of amides is 1. The van der Waals surface area contributed by atoms with Gasteiger partial charge < -0.3 is 14.9 Å². The van der Waals surface area contributed by atoms with Gasteiger partial charge in [-0.15, -0.1) is 10.2 Å². The number of carbonyl (C=O) groups excluding carboxylic acids is 1. The molecule has 0 aromatic carbocycles. The summed E-state index contributed by atoms with van der Waals surface area (Å²) >= 11 is 0. The molecule has 0 atom stereocenters. The van der Waals surface area contributed by atoms with Crippen molar-refractivity contribution in [3.63, 3.8) is 0 Å².